The normalized spacial score (nSPS) is 11.8. The van der Waals surface area contributed by atoms with E-state index in [9.17, 15) is 9.59 Å². The maximum absolute atomic E-state index is 11.7. The highest BCUT2D eigenvalue weighted by Gasteiger charge is 2.18. The minimum atomic E-state index is -0.653. The predicted octanol–water partition coefficient (Wildman–Crippen LogP) is 2.17. The van der Waals surface area contributed by atoms with Crippen LogP contribution in [-0.4, -0.2) is 18.8 Å². The van der Waals surface area contributed by atoms with Crippen molar-refractivity contribution in [2.24, 2.45) is 5.92 Å². The zero-order valence-corrected chi connectivity index (χ0v) is 10.5. The number of carbonyl (C=O) groups is 2. The fraction of sp³-hybridized carbons (Fsp3) is 0.385. The fourth-order valence-electron chi connectivity index (χ4n) is 1.35. The Bertz CT molecular complexity index is 440. The van der Waals surface area contributed by atoms with Crippen LogP contribution in [0.5, 0.6) is 5.75 Å². The molecule has 0 heterocycles. The van der Waals surface area contributed by atoms with Crippen LogP contribution in [0.2, 0.25) is 0 Å². The van der Waals surface area contributed by atoms with E-state index in [0.29, 0.717) is 11.4 Å². The van der Waals surface area contributed by atoms with Gasteiger partial charge in [0.2, 0.25) is 5.91 Å². The zero-order chi connectivity index (χ0) is 13.0. The molecular weight excluding hydrogens is 218 g/mol. The largest absolute Gasteiger partial charge is 0.495 e. The lowest BCUT2D eigenvalue weighted by atomic mass is 10.1. The van der Waals surface area contributed by atoms with Gasteiger partial charge in [-0.1, -0.05) is 6.07 Å². The smallest absolute Gasteiger partial charge is 0.234 e. The summed E-state index contributed by atoms with van der Waals surface area (Å²) < 4.78 is 5.14. The standard InChI is InChI=1S/C13H17NO3/c1-8-5-6-12(17-4)11(7-8)14-13(16)9(2)10(3)15/h5-7,9H,1-4H3,(H,14,16). The molecule has 0 radical (unpaired) electrons. The van der Waals surface area contributed by atoms with Crippen molar-refractivity contribution in [3.63, 3.8) is 0 Å². The van der Waals surface area contributed by atoms with Crippen LogP contribution >= 0.6 is 0 Å². The predicted molar refractivity (Wildman–Crippen MR) is 66.2 cm³/mol. The lowest BCUT2D eigenvalue weighted by molar-refractivity contribution is -0.129. The number of ether oxygens (including phenoxy) is 1. The minimum Gasteiger partial charge on any atom is -0.495 e. The fourth-order valence-corrected chi connectivity index (χ4v) is 1.35. The van der Waals surface area contributed by atoms with Gasteiger partial charge in [-0.2, -0.15) is 0 Å². The van der Waals surface area contributed by atoms with Gasteiger partial charge in [-0.25, -0.2) is 0 Å². The first-order valence-corrected chi connectivity index (χ1v) is 5.41. The Hall–Kier alpha value is -1.84. The van der Waals surface area contributed by atoms with Crippen LogP contribution in [0.3, 0.4) is 0 Å². The summed E-state index contributed by atoms with van der Waals surface area (Å²) in [6.07, 6.45) is 0. The summed E-state index contributed by atoms with van der Waals surface area (Å²) in [4.78, 5) is 22.9. The maximum atomic E-state index is 11.7. The summed E-state index contributed by atoms with van der Waals surface area (Å²) in [6, 6.07) is 5.48. The third kappa shape index (κ3) is 3.31. The van der Waals surface area contributed by atoms with Gasteiger partial charge in [0.25, 0.3) is 0 Å². The molecule has 1 atom stereocenters. The van der Waals surface area contributed by atoms with E-state index in [2.05, 4.69) is 5.32 Å². The molecule has 1 amide bonds. The number of methoxy groups -OCH3 is 1. The highest BCUT2D eigenvalue weighted by Crippen LogP contribution is 2.25. The van der Waals surface area contributed by atoms with Crippen LogP contribution in [0, 0.1) is 12.8 Å². The number of ketones is 1. The molecule has 1 aromatic carbocycles. The molecule has 4 nitrogen and oxygen atoms in total. The number of hydrogen-bond donors (Lipinski definition) is 1. The van der Waals surface area contributed by atoms with Crippen molar-refractivity contribution in [2.45, 2.75) is 20.8 Å². The molecule has 0 aliphatic carbocycles. The van der Waals surface area contributed by atoms with E-state index in [0.717, 1.165) is 5.56 Å². The highest BCUT2D eigenvalue weighted by molar-refractivity contribution is 6.06. The van der Waals surface area contributed by atoms with Gasteiger partial charge in [-0.15, -0.1) is 0 Å². The SMILES string of the molecule is COc1ccc(C)cc1NC(=O)C(C)C(C)=O. The van der Waals surface area contributed by atoms with Crippen LogP contribution in [0.25, 0.3) is 0 Å². The Labute approximate surface area is 101 Å². The van der Waals surface area contributed by atoms with Gasteiger partial charge >= 0.3 is 0 Å². The lowest BCUT2D eigenvalue weighted by Crippen LogP contribution is -2.25. The monoisotopic (exact) mass is 235 g/mol. The Balaban J connectivity index is 2.91. The van der Waals surface area contributed by atoms with E-state index >= 15 is 0 Å². The summed E-state index contributed by atoms with van der Waals surface area (Å²) in [6.45, 7) is 4.90. The van der Waals surface area contributed by atoms with Gasteiger partial charge in [0, 0.05) is 0 Å². The molecule has 4 heteroatoms. The molecule has 0 aromatic heterocycles. The van der Waals surface area contributed by atoms with Crippen molar-refractivity contribution in [1.29, 1.82) is 0 Å². The first-order valence-electron chi connectivity index (χ1n) is 5.41. The number of hydrogen-bond acceptors (Lipinski definition) is 3. The van der Waals surface area contributed by atoms with Crippen LogP contribution in [0.1, 0.15) is 19.4 Å². The molecule has 0 aliphatic rings. The highest BCUT2D eigenvalue weighted by atomic mass is 16.5. The van der Waals surface area contributed by atoms with Crippen LogP contribution in [-0.2, 0) is 9.59 Å². The summed E-state index contributed by atoms with van der Waals surface area (Å²) in [5, 5.41) is 2.70. The van der Waals surface area contributed by atoms with Crippen LogP contribution < -0.4 is 10.1 Å². The van der Waals surface area contributed by atoms with Crippen molar-refractivity contribution >= 4 is 17.4 Å². The van der Waals surface area contributed by atoms with E-state index in [1.807, 2.05) is 19.1 Å². The Morgan fingerprint density at radius 1 is 1.35 bits per heavy atom. The van der Waals surface area contributed by atoms with Gasteiger partial charge in [0.1, 0.15) is 11.5 Å². The molecule has 92 valence electrons. The molecule has 0 saturated carbocycles. The molecule has 17 heavy (non-hydrogen) atoms. The second kappa shape index (κ2) is 5.48. The molecule has 1 aromatic rings. The van der Waals surface area contributed by atoms with Crippen molar-refractivity contribution in [2.75, 3.05) is 12.4 Å². The first-order chi connectivity index (χ1) is 7.95. The number of nitrogens with one attached hydrogen (secondary N) is 1. The van der Waals surface area contributed by atoms with E-state index < -0.39 is 5.92 Å². The average Bonchev–Trinajstić information content (AvgIpc) is 2.28. The van der Waals surface area contributed by atoms with Gasteiger partial charge < -0.3 is 10.1 Å². The van der Waals surface area contributed by atoms with Crippen LogP contribution in [0.4, 0.5) is 5.69 Å². The molecule has 0 aliphatic heterocycles. The van der Waals surface area contributed by atoms with Crippen molar-refractivity contribution in [1.82, 2.24) is 0 Å². The second-order valence-electron chi connectivity index (χ2n) is 4.03. The van der Waals surface area contributed by atoms with Crippen molar-refractivity contribution in [3.05, 3.63) is 23.8 Å². The van der Waals surface area contributed by atoms with Crippen molar-refractivity contribution in [3.8, 4) is 5.75 Å². The Morgan fingerprint density at radius 3 is 2.53 bits per heavy atom. The van der Waals surface area contributed by atoms with Gasteiger partial charge in [-0.3, -0.25) is 9.59 Å². The Morgan fingerprint density at radius 2 is 2.00 bits per heavy atom. The average molecular weight is 235 g/mol. The van der Waals surface area contributed by atoms with Gasteiger partial charge in [0.15, 0.2) is 0 Å². The third-order valence-electron chi connectivity index (χ3n) is 2.62. The second-order valence-corrected chi connectivity index (χ2v) is 4.03. The molecule has 1 rings (SSSR count). The van der Waals surface area contributed by atoms with E-state index in [4.69, 9.17) is 4.74 Å². The quantitative estimate of drug-likeness (QED) is 0.814. The number of benzene rings is 1. The molecule has 0 fully saturated rings. The summed E-state index contributed by atoms with van der Waals surface area (Å²) in [7, 11) is 1.54. The number of rotatable bonds is 4. The number of Topliss-reactive ketones (excluding diaryl/α,β-unsaturated/α-hetero) is 1. The van der Waals surface area contributed by atoms with E-state index in [-0.39, 0.29) is 11.7 Å². The summed E-state index contributed by atoms with van der Waals surface area (Å²) in [5.41, 5.74) is 1.60. The van der Waals surface area contributed by atoms with Gasteiger partial charge in [-0.05, 0) is 38.5 Å². The molecule has 0 spiro atoms. The number of carbonyl (C=O) groups excluding carboxylic acids is 2. The van der Waals surface area contributed by atoms with Gasteiger partial charge in [0.05, 0.1) is 18.7 Å². The van der Waals surface area contributed by atoms with Crippen LogP contribution in [0.15, 0.2) is 18.2 Å². The maximum Gasteiger partial charge on any atom is 0.234 e. The lowest BCUT2D eigenvalue weighted by Gasteiger charge is -2.13. The molecular formula is C13H17NO3. The molecule has 0 saturated heterocycles. The number of aryl methyl sites for hydroxylation is 1. The number of anilines is 1. The molecule has 1 unspecified atom stereocenters. The van der Waals surface area contributed by atoms with E-state index in [1.54, 1.807) is 13.0 Å². The van der Waals surface area contributed by atoms with E-state index in [1.165, 1.54) is 14.0 Å². The summed E-state index contributed by atoms with van der Waals surface area (Å²) in [5.74, 6) is -0.546. The topological polar surface area (TPSA) is 55.4 Å². The molecule has 1 N–H and O–H groups in total. The number of amides is 1. The molecule has 0 bridgehead atoms. The zero-order valence-electron chi connectivity index (χ0n) is 10.5. The Kier molecular flexibility index (Phi) is 4.26. The third-order valence-corrected chi connectivity index (χ3v) is 2.62. The van der Waals surface area contributed by atoms with Crippen molar-refractivity contribution < 1.29 is 14.3 Å². The first kappa shape index (κ1) is 13.2. The summed E-state index contributed by atoms with van der Waals surface area (Å²) >= 11 is 0. The minimum absolute atomic E-state index is 0.158.